The lowest BCUT2D eigenvalue weighted by molar-refractivity contribution is 0.599. The molecule has 0 aliphatic heterocycles. The molecule has 0 nitrogen and oxygen atoms in total. The van der Waals surface area contributed by atoms with Crippen molar-refractivity contribution in [3.63, 3.8) is 0 Å². The summed E-state index contributed by atoms with van der Waals surface area (Å²) in [5.41, 5.74) is 14.5. The minimum atomic E-state index is -0.479. The van der Waals surface area contributed by atoms with Crippen molar-refractivity contribution in [3.05, 3.63) is 44.6 Å². The molecule has 0 bridgehead atoms. The van der Waals surface area contributed by atoms with Crippen LogP contribution in [-0.4, -0.2) is 20.4 Å². The Morgan fingerprint density at radius 2 is 0.613 bits per heavy atom. The third kappa shape index (κ3) is 3.99. The fourth-order valence-corrected chi connectivity index (χ4v) is 12.4. The SMILES string of the molecule is CCC1=C(CC)[C](CC)([Mg][C]2(CC)C(CC)=C(CC)C(CC)=C2CC)C(CC)=C1CC. The molecule has 0 saturated carbocycles. The lowest BCUT2D eigenvalue weighted by atomic mass is 9.85. The zero-order chi connectivity index (χ0) is 23.4. The van der Waals surface area contributed by atoms with Crippen molar-refractivity contribution in [1.29, 1.82) is 0 Å². The van der Waals surface area contributed by atoms with Crippen LogP contribution in [0.25, 0.3) is 0 Å². The van der Waals surface area contributed by atoms with Crippen molar-refractivity contribution in [2.45, 2.75) is 141 Å². The van der Waals surface area contributed by atoms with Gasteiger partial charge < -0.3 is 0 Å². The highest BCUT2D eigenvalue weighted by Crippen LogP contribution is 2.67. The number of hydrogen-bond donors (Lipinski definition) is 0. The topological polar surface area (TPSA) is 0 Å². The van der Waals surface area contributed by atoms with Gasteiger partial charge >= 0.3 is 20.4 Å². The first-order valence-electron chi connectivity index (χ1n) is 13.8. The average molecular weight is 435 g/mol. The molecule has 0 spiro atoms. The second kappa shape index (κ2) is 11.2. The van der Waals surface area contributed by atoms with Crippen molar-refractivity contribution < 1.29 is 0 Å². The van der Waals surface area contributed by atoms with E-state index in [1.807, 2.05) is 22.3 Å². The fraction of sp³-hybridized carbons (Fsp3) is 0.733. The Morgan fingerprint density at radius 1 is 0.387 bits per heavy atom. The molecule has 0 N–H and O–H groups in total. The minimum Gasteiger partial charge on any atom is -0.0824 e. The highest BCUT2D eigenvalue weighted by atomic mass is 24.5. The maximum absolute atomic E-state index is 2.52. The summed E-state index contributed by atoms with van der Waals surface area (Å²) in [7, 11) is 0. The van der Waals surface area contributed by atoms with E-state index >= 15 is 0 Å². The molecule has 172 valence electrons. The molecule has 0 heterocycles. The summed E-state index contributed by atoms with van der Waals surface area (Å²) in [5, 5.41) is 0. The summed E-state index contributed by atoms with van der Waals surface area (Å²) >= 11 is -0.479. The first kappa shape index (κ1) is 27.0. The molecule has 0 atom stereocenters. The third-order valence-electron chi connectivity index (χ3n) is 9.14. The van der Waals surface area contributed by atoms with Crippen molar-refractivity contribution in [2.75, 3.05) is 0 Å². The average Bonchev–Trinajstić information content (AvgIpc) is 3.23. The van der Waals surface area contributed by atoms with Crippen molar-refractivity contribution in [1.82, 2.24) is 0 Å². The smallest absolute Gasteiger partial charge is 0.0824 e. The molecule has 31 heavy (non-hydrogen) atoms. The summed E-state index contributed by atoms with van der Waals surface area (Å²) in [6.45, 7) is 24.5. The Labute approximate surface area is 204 Å². The zero-order valence-electron chi connectivity index (χ0n) is 22.8. The molecular weight excluding hydrogens is 385 g/mol. The molecule has 1 heteroatoms. The summed E-state index contributed by atoms with van der Waals surface area (Å²) in [6, 6.07) is 0. The van der Waals surface area contributed by atoms with Crippen LogP contribution in [0.4, 0.5) is 0 Å². The van der Waals surface area contributed by atoms with E-state index in [1.54, 1.807) is 22.3 Å². The lowest BCUT2D eigenvalue weighted by Gasteiger charge is -2.46. The molecule has 0 saturated heterocycles. The van der Waals surface area contributed by atoms with Gasteiger partial charge in [0.15, 0.2) is 0 Å². The van der Waals surface area contributed by atoms with E-state index < -0.39 is 20.4 Å². The largest absolute Gasteiger partial charge is 0.409 e. The number of hydrogen-bond acceptors (Lipinski definition) is 0. The van der Waals surface area contributed by atoms with Crippen LogP contribution in [-0.2, 0) is 0 Å². The van der Waals surface area contributed by atoms with Crippen molar-refractivity contribution in [3.8, 4) is 0 Å². The molecule has 2 aliphatic rings. The second-order valence-corrected chi connectivity index (χ2v) is 12.5. The van der Waals surface area contributed by atoms with Gasteiger partial charge in [0.1, 0.15) is 0 Å². The van der Waals surface area contributed by atoms with Gasteiger partial charge in [-0.05, 0) is 73.7 Å². The van der Waals surface area contributed by atoms with Gasteiger partial charge in [0.25, 0.3) is 0 Å². The van der Waals surface area contributed by atoms with Gasteiger partial charge in [-0.15, -0.1) is 0 Å². The normalized spacial score (nSPS) is 20.5. The Balaban J connectivity index is 2.87. The Hall–Kier alpha value is -0.274. The summed E-state index contributed by atoms with van der Waals surface area (Å²) < 4.78 is 0.804. The Kier molecular flexibility index (Phi) is 9.78. The number of allylic oxidation sites excluding steroid dienone is 8. The van der Waals surface area contributed by atoms with E-state index in [4.69, 9.17) is 0 Å². The van der Waals surface area contributed by atoms with Gasteiger partial charge in [0.05, 0.1) is 0 Å². The van der Waals surface area contributed by atoms with Crippen molar-refractivity contribution >= 4 is 20.4 Å². The highest BCUT2D eigenvalue weighted by Gasteiger charge is 2.53. The van der Waals surface area contributed by atoms with Crippen LogP contribution in [0.2, 0.25) is 7.09 Å². The minimum absolute atomic E-state index is 0.402. The second-order valence-electron chi connectivity index (χ2n) is 9.70. The molecule has 0 amide bonds. The van der Waals surface area contributed by atoms with Gasteiger partial charge in [-0.1, -0.05) is 111 Å². The Morgan fingerprint density at radius 3 is 0.742 bits per heavy atom. The predicted molar refractivity (Wildman–Crippen MR) is 142 cm³/mol. The molecule has 0 unspecified atom stereocenters. The highest BCUT2D eigenvalue weighted by molar-refractivity contribution is 6.50. The molecule has 0 aromatic rings. The van der Waals surface area contributed by atoms with Crippen LogP contribution in [0.3, 0.4) is 0 Å². The molecule has 2 rings (SSSR count). The lowest BCUT2D eigenvalue weighted by Crippen LogP contribution is -2.35. The Bertz CT molecular complexity index is 661. The van der Waals surface area contributed by atoms with Crippen LogP contribution >= 0.6 is 0 Å². The first-order chi connectivity index (χ1) is 14.9. The molecule has 0 aromatic carbocycles. The van der Waals surface area contributed by atoms with E-state index in [1.165, 1.54) is 64.2 Å². The summed E-state index contributed by atoms with van der Waals surface area (Å²) in [5.74, 6) is 0. The third-order valence-corrected chi connectivity index (χ3v) is 13.0. The summed E-state index contributed by atoms with van der Waals surface area (Å²) in [4.78, 5) is 0. The van der Waals surface area contributed by atoms with Gasteiger partial charge in [-0.25, -0.2) is 0 Å². The van der Waals surface area contributed by atoms with Gasteiger partial charge in [-0.2, -0.15) is 0 Å². The quantitative estimate of drug-likeness (QED) is 0.268. The molecule has 0 radical (unpaired) electrons. The molecule has 0 aromatic heterocycles. The van der Waals surface area contributed by atoms with Gasteiger partial charge in [0, 0.05) is 0 Å². The van der Waals surface area contributed by atoms with Crippen LogP contribution in [0.15, 0.2) is 44.6 Å². The molecule has 0 fully saturated rings. The maximum atomic E-state index is 2.52. The predicted octanol–water partition coefficient (Wildman–Crippen LogP) is 10.3. The van der Waals surface area contributed by atoms with Gasteiger partial charge in [0.2, 0.25) is 0 Å². The van der Waals surface area contributed by atoms with Crippen molar-refractivity contribution in [2.24, 2.45) is 0 Å². The van der Waals surface area contributed by atoms with E-state index in [0.29, 0.717) is 7.09 Å². The van der Waals surface area contributed by atoms with Crippen LogP contribution in [0, 0.1) is 0 Å². The van der Waals surface area contributed by atoms with Gasteiger partial charge in [-0.3, -0.25) is 0 Å². The standard InChI is InChI=1S/2C15H25.Mg/c2*1-6-11-12(7-2)14(9-4)15(10-5)13(11)8-3;/h2*6-10H2,1-5H3;. The maximum Gasteiger partial charge on any atom is 0.409 e. The van der Waals surface area contributed by atoms with E-state index in [0.717, 1.165) is 0 Å². The zero-order valence-corrected chi connectivity index (χ0v) is 24.2. The number of rotatable bonds is 12. The van der Waals surface area contributed by atoms with E-state index in [2.05, 4.69) is 69.2 Å². The monoisotopic (exact) mass is 434 g/mol. The van der Waals surface area contributed by atoms with Crippen LogP contribution < -0.4 is 0 Å². The first-order valence-corrected chi connectivity index (χ1v) is 15.2. The fourth-order valence-electron chi connectivity index (χ4n) is 8.21. The van der Waals surface area contributed by atoms with Crippen LogP contribution in [0.5, 0.6) is 0 Å². The molecule has 2 aliphatic carbocycles. The summed E-state index contributed by atoms with van der Waals surface area (Å²) in [6.07, 6.45) is 12.5. The van der Waals surface area contributed by atoms with E-state index in [9.17, 15) is 0 Å². The van der Waals surface area contributed by atoms with Crippen LogP contribution in [0.1, 0.15) is 133 Å². The molecular formula is C30H50Mg. The van der Waals surface area contributed by atoms with E-state index in [-0.39, 0.29) is 0 Å².